The summed E-state index contributed by atoms with van der Waals surface area (Å²) in [5, 5.41) is 2.05. The van der Waals surface area contributed by atoms with E-state index in [2.05, 4.69) is 107 Å². The van der Waals surface area contributed by atoms with Crippen LogP contribution in [0.1, 0.15) is 27.7 Å². The molecule has 0 aliphatic carbocycles. The molecule has 0 spiro atoms. The van der Waals surface area contributed by atoms with E-state index in [-0.39, 0.29) is 0 Å². The molecule has 8 aromatic rings. The smallest absolute Gasteiger partial charge is 0.455 e. The lowest BCUT2D eigenvalue weighted by atomic mass is 9.77. The minimum Gasteiger partial charge on any atom is -0.455 e. The highest BCUT2D eigenvalue weighted by Crippen LogP contribution is 2.42. The first-order valence-electron chi connectivity index (χ1n) is 17.6. The van der Waals surface area contributed by atoms with E-state index in [0.717, 1.165) is 66.3 Å². The summed E-state index contributed by atoms with van der Waals surface area (Å²) in [5.74, 6) is 1.86. The first-order valence-corrected chi connectivity index (χ1v) is 17.6. The predicted molar refractivity (Wildman–Crippen MR) is 210 cm³/mol. The van der Waals surface area contributed by atoms with E-state index >= 15 is 0 Å². The number of para-hydroxylation sites is 1. The van der Waals surface area contributed by atoms with Crippen molar-refractivity contribution in [2.24, 2.45) is 0 Å². The van der Waals surface area contributed by atoms with E-state index < -0.39 is 18.3 Å². The summed E-state index contributed by atoms with van der Waals surface area (Å²) in [6, 6.07) is 49.4. The van der Waals surface area contributed by atoms with Gasteiger partial charge in [-0.15, -0.1) is 0 Å². The van der Waals surface area contributed by atoms with Gasteiger partial charge in [-0.05, 0) is 44.3 Å². The van der Waals surface area contributed by atoms with Gasteiger partial charge in [0.2, 0.25) is 0 Å². The van der Waals surface area contributed by atoms with Crippen LogP contribution in [0.15, 0.2) is 150 Å². The lowest BCUT2D eigenvalue weighted by Crippen LogP contribution is -2.41. The van der Waals surface area contributed by atoms with Crippen LogP contribution in [0.4, 0.5) is 0 Å². The lowest BCUT2D eigenvalue weighted by Gasteiger charge is -2.32. The summed E-state index contributed by atoms with van der Waals surface area (Å²) in [4.78, 5) is 14.7. The number of hydrogen-bond acceptors (Lipinski definition) is 6. The Balaban J connectivity index is 1.20. The maximum Gasteiger partial charge on any atom is 0.494 e. The van der Waals surface area contributed by atoms with Crippen LogP contribution in [0.3, 0.4) is 0 Å². The molecule has 2 aromatic heterocycles. The summed E-state index contributed by atoms with van der Waals surface area (Å²) < 4.78 is 20.0. The SMILES string of the molecule is CC1(C)OB(c2cc(-c3ccc(-c4nc(-c5ccccc5)nc(-c5ccccc5)n4)cc3)c3oc4c(-c5ccccc5)cccc4c3c2)OC1(C)C. The van der Waals surface area contributed by atoms with Crippen molar-refractivity contribution < 1.29 is 13.7 Å². The summed E-state index contributed by atoms with van der Waals surface area (Å²) in [6.07, 6.45) is 0. The zero-order valence-corrected chi connectivity index (χ0v) is 29.5. The van der Waals surface area contributed by atoms with E-state index in [0.29, 0.717) is 17.5 Å². The van der Waals surface area contributed by atoms with Crippen LogP contribution in [0.2, 0.25) is 0 Å². The van der Waals surface area contributed by atoms with Crippen molar-refractivity contribution in [2.75, 3.05) is 0 Å². The quantitative estimate of drug-likeness (QED) is 0.163. The summed E-state index contributed by atoms with van der Waals surface area (Å²) in [6.45, 7) is 8.33. The van der Waals surface area contributed by atoms with E-state index in [1.807, 2.05) is 66.7 Å². The van der Waals surface area contributed by atoms with Crippen molar-refractivity contribution in [1.29, 1.82) is 0 Å². The van der Waals surface area contributed by atoms with Crippen LogP contribution in [0.25, 0.3) is 78.4 Å². The largest absolute Gasteiger partial charge is 0.494 e. The molecule has 3 heterocycles. The van der Waals surface area contributed by atoms with Gasteiger partial charge in [0.15, 0.2) is 17.5 Å². The van der Waals surface area contributed by atoms with Gasteiger partial charge >= 0.3 is 7.12 Å². The van der Waals surface area contributed by atoms with Crippen LogP contribution in [-0.4, -0.2) is 33.3 Å². The van der Waals surface area contributed by atoms with Gasteiger partial charge in [0.05, 0.1) is 11.2 Å². The average molecular weight is 678 g/mol. The third-order valence-corrected chi connectivity index (χ3v) is 10.4. The number of furan rings is 1. The normalized spacial score (nSPS) is 15.0. The molecule has 0 bridgehead atoms. The van der Waals surface area contributed by atoms with Gasteiger partial charge in [0, 0.05) is 38.6 Å². The molecule has 0 radical (unpaired) electrons. The van der Waals surface area contributed by atoms with Gasteiger partial charge in [-0.25, -0.2) is 15.0 Å². The van der Waals surface area contributed by atoms with Crippen LogP contribution >= 0.6 is 0 Å². The fourth-order valence-corrected chi connectivity index (χ4v) is 6.83. The molecule has 252 valence electrons. The van der Waals surface area contributed by atoms with Gasteiger partial charge in [-0.2, -0.15) is 0 Å². The maximum atomic E-state index is 6.85. The third kappa shape index (κ3) is 5.59. The van der Waals surface area contributed by atoms with Crippen molar-refractivity contribution in [2.45, 2.75) is 38.9 Å². The number of nitrogens with zero attached hydrogens (tertiary/aromatic N) is 3. The molecular weight excluding hydrogens is 641 g/mol. The Hall–Kier alpha value is -5.89. The second kappa shape index (κ2) is 12.4. The molecule has 9 rings (SSSR count). The van der Waals surface area contributed by atoms with Crippen molar-refractivity contribution in [3.05, 3.63) is 146 Å². The predicted octanol–water partition coefficient (Wildman–Crippen LogP) is 10.4. The number of benzene rings is 6. The van der Waals surface area contributed by atoms with Gasteiger partial charge in [-0.3, -0.25) is 0 Å². The maximum absolute atomic E-state index is 6.85. The highest BCUT2D eigenvalue weighted by atomic mass is 16.7. The molecule has 1 aliphatic heterocycles. The minimum atomic E-state index is -0.535. The number of fused-ring (bicyclic) bond motifs is 3. The first kappa shape index (κ1) is 32.1. The summed E-state index contributed by atoms with van der Waals surface area (Å²) in [5.41, 5.74) is 8.49. The van der Waals surface area contributed by atoms with E-state index in [4.69, 9.17) is 28.7 Å². The zero-order chi connectivity index (χ0) is 35.5. The highest BCUT2D eigenvalue weighted by Gasteiger charge is 2.52. The van der Waals surface area contributed by atoms with Crippen molar-refractivity contribution in [3.63, 3.8) is 0 Å². The topological polar surface area (TPSA) is 70.3 Å². The Morgan fingerprint density at radius 3 is 1.40 bits per heavy atom. The molecule has 6 nitrogen and oxygen atoms in total. The van der Waals surface area contributed by atoms with Gasteiger partial charge in [0.1, 0.15) is 11.2 Å². The van der Waals surface area contributed by atoms with Gasteiger partial charge < -0.3 is 13.7 Å². The second-order valence-corrected chi connectivity index (χ2v) is 14.3. The Morgan fingerprint density at radius 1 is 0.423 bits per heavy atom. The standard InChI is InChI=1S/C45H36BN3O3/c1-44(2)45(3,4)52-46(51-44)34-27-37(40-38(28-34)36-22-14-21-35(39(36)50-40)29-15-8-5-9-16-29)30-23-25-33(26-24-30)43-48-41(31-17-10-6-11-18-31)47-42(49-43)32-19-12-7-13-20-32/h5-28H,1-4H3. The van der Waals surface area contributed by atoms with Crippen LogP contribution in [0.5, 0.6) is 0 Å². The fraction of sp³-hybridized carbons (Fsp3) is 0.133. The average Bonchev–Trinajstić information content (AvgIpc) is 3.67. The molecule has 1 aliphatic rings. The molecular formula is C45H36BN3O3. The van der Waals surface area contributed by atoms with E-state index in [1.54, 1.807) is 0 Å². The number of rotatable bonds is 6. The van der Waals surface area contributed by atoms with Crippen molar-refractivity contribution >= 4 is 34.5 Å². The lowest BCUT2D eigenvalue weighted by molar-refractivity contribution is 0.00578. The van der Waals surface area contributed by atoms with Crippen LogP contribution in [-0.2, 0) is 9.31 Å². The van der Waals surface area contributed by atoms with E-state index in [9.17, 15) is 0 Å². The number of hydrogen-bond donors (Lipinski definition) is 0. The molecule has 1 fully saturated rings. The Labute approximate surface area is 303 Å². The van der Waals surface area contributed by atoms with Crippen LogP contribution in [0, 0.1) is 0 Å². The molecule has 0 atom stereocenters. The summed E-state index contributed by atoms with van der Waals surface area (Å²) in [7, 11) is -0.535. The molecule has 6 aromatic carbocycles. The molecule has 0 amide bonds. The van der Waals surface area contributed by atoms with E-state index in [1.165, 1.54) is 0 Å². The van der Waals surface area contributed by atoms with Crippen LogP contribution < -0.4 is 5.46 Å². The van der Waals surface area contributed by atoms with Crippen molar-refractivity contribution in [1.82, 2.24) is 15.0 Å². The molecule has 1 saturated heterocycles. The molecule has 7 heteroatoms. The van der Waals surface area contributed by atoms with Gasteiger partial charge in [0.25, 0.3) is 0 Å². The van der Waals surface area contributed by atoms with Gasteiger partial charge in [-0.1, -0.05) is 146 Å². The molecule has 0 N–H and O–H groups in total. The molecule has 0 saturated carbocycles. The number of aromatic nitrogens is 3. The monoisotopic (exact) mass is 677 g/mol. The second-order valence-electron chi connectivity index (χ2n) is 14.3. The minimum absolute atomic E-state index is 0.477. The van der Waals surface area contributed by atoms with Crippen molar-refractivity contribution in [3.8, 4) is 56.4 Å². The highest BCUT2D eigenvalue weighted by molar-refractivity contribution is 6.62. The Bertz CT molecular complexity index is 2490. The first-order chi connectivity index (χ1) is 25.2. The Kier molecular flexibility index (Phi) is 7.65. The molecule has 0 unspecified atom stereocenters. The Morgan fingerprint density at radius 2 is 0.865 bits per heavy atom. The summed E-state index contributed by atoms with van der Waals surface area (Å²) >= 11 is 0. The third-order valence-electron chi connectivity index (χ3n) is 10.4. The zero-order valence-electron chi connectivity index (χ0n) is 29.5. The molecule has 52 heavy (non-hydrogen) atoms. The fourth-order valence-electron chi connectivity index (χ4n) is 6.83.